The zero-order valence-electron chi connectivity index (χ0n) is 14.2. The zero-order valence-corrected chi connectivity index (χ0v) is 14.2. The molecular formula is C19H30N2O. The molecule has 0 bridgehead atoms. The summed E-state index contributed by atoms with van der Waals surface area (Å²) < 4.78 is 5.41. The van der Waals surface area contributed by atoms with Crippen molar-refractivity contribution >= 4 is 5.69 Å². The summed E-state index contributed by atoms with van der Waals surface area (Å²) >= 11 is 0. The number of morpholine rings is 1. The first-order chi connectivity index (χ1) is 10.7. The highest BCUT2D eigenvalue weighted by Gasteiger charge is 2.16. The van der Waals surface area contributed by atoms with Crippen LogP contribution in [0.1, 0.15) is 36.0 Å². The number of anilines is 1. The maximum atomic E-state index is 5.41. The summed E-state index contributed by atoms with van der Waals surface area (Å²) in [6, 6.07) is 4.85. The fourth-order valence-corrected chi connectivity index (χ4v) is 3.75. The average molecular weight is 302 g/mol. The minimum Gasteiger partial charge on any atom is -0.379 e. The van der Waals surface area contributed by atoms with Crippen molar-refractivity contribution in [3.8, 4) is 0 Å². The average Bonchev–Trinajstić information content (AvgIpc) is 3.05. The number of hydrogen-bond donors (Lipinski definition) is 0. The van der Waals surface area contributed by atoms with Gasteiger partial charge in [0, 0.05) is 31.9 Å². The van der Waals surface area contributed by atoms with Crippen molar-refractivity contribution in [1.29, 1.82) is 0 Å². The second-order valence-electron chi connectivity index (χ2n) is 6.82. The Balaban J connectivity index is 1.57. The lowest BCUT2D eigenvalue weighted by Gasteiger charge is -2.26. The van der Waals surface area contributed by atoms with Gasteiger partial charge in [0.1, 0.15) is 0 Å². The summed E-state index contributed by atoms with van der Waals surface area (Å²) in [6.07, 6.45) is 5.15. The third-order valence-electron chi connectivity index (χ3n) is 5.13. The van der Waals surface area contributed by atoms with Gasteiger partial charge in [-0.2, -0.15) is 0 Å². The molecule has 3 nitrogen and oxygen atoms in total. The predicted molar refractivity (Wildman–Crippen MR) is 92.9 cm³/mol. The molecule has 0 aliphatic carbocycles. The van der Waals surface area contributed by atoms with Crippen LogP contribution in [0.3, 0.4) is 0 Å². The number of aryl methyl sites for hydroxylation is 3. The van der Waals surface area contributed by atoms with Crippen molar-refractivity contribution in [2.24, 2.45) is 0 Å². The van der Waals surface area contributed by atoms with Gasteiger partial charge in [0.15, 0.2) is 0 Å². The molecule has 3 rings (SSSR count). The first-order valence-corrected chi connectivity index (χ1v) is 8.89. The van der Waals surface area contributed by atoms with Crippen molar-refractivity contribution in [3.05, 3.63) is 28.8 Å². The Labute approximate surface area is 135 Å². The maximum absolute atomic E-state index is 5.41. The Morgan fingerprint density at radius 2 is 1.68 bits per heavy atom. The second kappa shape index (κ2) is 7.47. The quantitative estimate of drug-likeness (QED) is 0.831. The van der Waals surface area contributed by atoms with E-state index < -0.39 is 0 Å². The first kappa shape index (κ1) is 15.8. The van der Waals surface area contributed by atoms with E-state index in [2.05, 4.69) is 35.8 Å². The predicted octanol–water partition coefficient (Wildman–Crippen LogP) is 3.17. The number of hydrogen-bond acceptors (Lipinski definition) is 3. The topological polar surface area (TPSA) is 15.7 Å². The largest absolute Gasteiger partial charge is 0.379 e. The van der Waals surface area contributed by atoms with Gasteiger partial charge in [-0.15, -0.1) is 0 Å². The maximum Gasteiger partial charge on any atom is 0.0594 e. The lowest BCUT2D eigenvalue weighted by atomic mass is 9.99. The van der Waals surface area contributed by atoms with Crippen LogP contribution in [0.5, 0.6) is 0 Å². The second-order valence-corrected chi connectivity index (χ2v) is 6.82. The van der Waals surface area contributed by atoms with Crippen LogP contribution >= 0.6 is 0 Å². The van der Waals surface area contributed by atoms with E-state index >= 15 is 0 Å². The van der Waals surface area contributed by atoms with Crippen LogP contribution in [0.25, 0.3) is 0 Å². The summed E-state index contributed by atoms with van der Waals surface area (Å²) in [5, 5.41) is 0. The van der Waals surface area contributed by atoms with Gasteiger partial charge in [-0.1, -0.05) is 6.07 Å². The normalized spacial score (nSPS) is 19.8. The van der Waals surface area contributed by atoms with Crippen molar-refractivity contribution in [1.82, 2.24) is 4.90 Å². The van der Waals surface area contributed by atoms with Gasteiger partial charge in [0.2, 0.25) is 0 Å². The molecule has 2 fully saturated rings. The monoisotopic (exact) mass is 302 g/mol. The molecule has 0 N–H and O–H groups in total. The van der Waals surface area contributed by atoms with Crippen LogP contribution in [0, 0.1) is 13.8 Å². The molecule has 2 saturated heterocycles. The molecule has 0 saturated carbocycles. The standard InChI is InChI=1S/C19H30N2O/c1-16-15-19(21-8-3-4-9-21)17(2)14-18(16)6-5-7-20-10-12-22-13-11-20/h14-15H,3-13H2,1-2H3. The summed E-state index contributed by atoms with van der Waals surface area (Å²) in [5.74, 6) is 0. The Bertz CT molecular complexity index is 488. The summed E-state index contributed by atoms with van der Waals surface area (Å²) in [6.45, 7) is 12.2. The SMILES string of the molecule is Cc1cc(N2CCCC2)c(C)cc1CCCN1CCOCC1. The van der Waals surface area contributed by atoms with Crippen LogP contribution in [-0.4, -0.2) is 50.8 Å². The summed E-state index contributed by atoms with van der Waals surface area (Å²) in [5.41, 5.74) is 5.92. The highest BCUT2D eigenvalue weighted by atomic mass is 16.5. The van der Waals surface area contributed by atoms with Gasteiger partial charge in [-0.05, 0) is 68.8 Å². The molecule has 2 aliphatic heterocycles. The lowest BCUT2D eigenvalue weighted by Crippen LogP contribution is -2.36. The molecule has 0 radical (unpaired) electrons. The smallest absolute Gasteiger partial charge is 0.0594 e. The number of ether oxygens (including phenoxy) is 1. The highest BCUT2D eigenvalue weighted by Crippen LogP contribution is 2.28. The Hall–Kier alpha value is -1.06. The molecule has 3 heteroatoms. The Morgan fingerprint density at radius 1 is 0.955 bits per heavy atom. The molecule has 22 heavy (non-hydrogen) atoms. The Kier molecular flexibility index (Phi) is 5.37. The van der Waals surface area contributed by atoms with Crippen LogP contribution in [-0.2, 0) is 11.2 Å². The van der Waals surface area contributed by atoms with E-state index in [1.165, 1.54) is 67.7 Å². The van der Waals surface area contributed by atoms with Crippen molar-refractivity contribution < 1.29 is 4.74 Å². The van der Waals surface area contributed by atoms with Crippen LogP contribution in [0.2, 0.25) is 0 Å². The molecule has 1 aromatic carbocycles. The zero-order chi connectivity index (χ0) is 15.4. The van der Waals surface area contributed by atoms with Gasteiger partial charge in [-0.25, -0.2) is 0 Å². The van der Waals surface area contributed by atoms with Crippen molar-refractivity contribution in [2.45, 2.75) is 39.5 Å². The number of nitrogens with zero attached hydrogens (tertiary/aromatic N) is 2. The van der Waals surface area contributed by atoms with Gasteiger partial charge in [-0.3, -0.25) is 4.90 Å². The van der Waals surface area contributed by atoms with E-state index in [9.17, 15) is 0 Å². The molecule has 1 aromatic rings. The van der Waals surface area contributed by atoms with Crippen molar-refractivity contribution in [3.63, 3.8) is 0 Å². The van der Waals surface area contributed by atoms with Crippen LogP contribution in [0.15, 0.2) is 12.1 Å². The molecule has 0 spiro atoms. The summed E-state index contributed by atoms with van der Waals surface area (Å²) in [4.78, 5) is 5.09. The molecule has 2 aliphatic rings. The van der Waals surface area contributed by atoms with E-state index in [4.69, 9.17) is 4.74 Å². The van der Waals surface area contributed by atoms with Gasteiger partial charge >= 0.3 is 0 Å². The van der Waals surface area contributed by atoms with E-state index in [0.717, 1.165) is 26.3 Å². The molecule has 2 heterocycles. The first-order valence-electron chi connectivity index (χ1n) is 8.89. The van der Waals surface area contributed by atoms with E-state index in [-0.39, 0.29) is 0 Å². The number of benzene rings is 1. The molecule has 122 valence electrons. The van der Waals surface area contributed by atoms with E-state index in [0.29, 0.717) is 0 Å². The molecule has 0 aromatic heterocycles. The van der Waals surface area contributed by atoms with Gasteiger partial charge in [0.05, 0.1) is 13.2 Å². The minimum atomic E-state index is 0.905. The van der Waals surface area contributed by atoms with E-state index in [1.54, 1.807) is 0 Å². The van der Waals surface area contributed by atoms with Gasteiger partial charge in [0.25, 0.3) is 0 Å². The molecule has 0 unspecified atom stereocenters. The molecular weight excluding hydrogens is 272 g/mol. The third kappa shape index (κ3) is 3.82. The fourth-order valence-electron chi connectivity index (χ4n) is 3.75. The minimum absolute atomic E-state index is 0.905. The Morgan fingerprint density at radius 3 is 2.41 bits per heavy atom. The van der Waals surface area contributed by atoms with E-state index in [1.807, 2.05) is 0 Å². The fraction of sp³-hybridized carbons (Fsp3) is 0.684. The molecule has 0 atom stereocenters. The number of rotatable bonds is 5. The van der Waals surface area contributed by atoms with Crippen LogP contribution in [0.4, 0.5) is 5.69 Å². The van der Waals surface area contributed by atoms with Crippen LogP contribution < -0.4 is 4.90 Å². The lowest BCUT2D eigenvalue weighted by molar-refractivity contribution is 0.0374. The highest BCUT2D eigenvalue weighted by molar-refractivity contribution is 5.57. The van der Waals surface area contributed by atoms with Gasteiger partial charge < -0.3 is 9.64 Å². The summed E-state index contributed by atoms with van der Waals surface area (Å²) in [7, 11) is 0. The third-order valence-corrected chi connectivity index (χ3v) is 5.13. The van der Waals surface area contributed by atoms with Crippen molar-refractivity contribution in [2.75, 3.05) is 50.8 Å². The molecule has 0 amide bonds.